The van der Waals surface area contributed by atoms with Crippen LogP contribution in [-0.4, -0.2) is 61.5 Å². The molecule has 0 aliphatic carbocycles. The quantitative estimate of drug-likeness (QED) is 0.761. The zero-order valence-corrected chi connectivity index (χ0v) is 16.4. The Hall–Kier alpha value is -2.78. The van der Waals surface area contributed by atoms with Crippen LogP contribution in [0, 0.1) is 5.82 Å². The number of benzene rings is 2. The lowest BCUT2D eigenvalue weighted by atomic mass is 10.0. The van der Waals surface area contributed by atoms with Gasteiger partial charge in [0.2, 0.25) is 16.1 Å². The fraction of sp³-hybridized carbons (Fsp3) is 0.300. The van der Waals surface area contributed by atoms with Crippen LogP contribution in [0.4, 0.5) is 4.39 Å². The molecule has 1 amide bonds. The first-order chi connectivity index (χ1) is 13.9. The number of carbonyl (C=O) groups is 1. The van der Waals surface area contributed by atoms with E-state index in [2.05, 4.69) is 5.16 Å². The summed E-state index contributed by atoms with van der Waals surface area (Å²) in [6, 6.07) is 14.1. The highest BCUT2D eigenvalue weighted by Gasteiger charge is 2.36. The Kier molecular flexibility index (Phi) is 5.33. The van der Waals surface area contributed by atoms with E-state index in [4.69, 9.17) is 4.84 Å². The molecule has 1 unspecified atom stereocenters. The number of halogens is 1. The molecule has 2 aliphatic heterocycles. The molecule has 9 heteroatoms. The third-order valence-corrected chi connectivity index (χ3v) is 6.97. The van der Waals surface area contributed by atoms with Gasteiger partial charge < -0.3 is 9.74 Å². The van der Waals surface area contributed by atoms with Gasteiger partial charge in [-0.25, -0.2) is 12.8 Å². The molecular weight excluding hydrogens is 397 g/mol. The summed E-state index contributed by atoms with van der Waals surface area (Å²) in [6.45, 7) is 1.02. The Morgan fingerprint density at radius 1 is 1.00 bits per heavy atom. The van der Waals surface area contributed by atoms with Gasteiger partial charge >= 0.3 is 0 Å². The number of carbonyl (C=O) groups excluding carboxylic acids is 1. The molecule has 0 spiro atoms. The summed E-state index contributed by atoms with van der Waals surface area (Å²) >= 11 is 0. The molecule has 29 heavy (non-hydrogen) atoms. The Balaban J connectivity index is 1.35. The van der Waals surface area contributed by atoms with Crippen LogP contribution in [-0.2, 0) is 19.7 Å². The van der Waals surface area contributed by atoms with E-state index in [1.54, 1.807) is 47.4 Å². The van der Waals surface area contributed by atoms with Crippen molar-refractivity contribution in [3.05, 3.63) is 66.0 Å². The number of amides is 1. The lowest BCUT2D eigenvalue weighted by Gasteiger charge is -2.34. The number of oxime groups is 1. The Morgan fingerprint density at radius 3 is 2.31 bits per heavy atom. The molecule has 2 aliphatic rings. The number of piperazine rings is 1. The molecule has 0 radical (unpaired) electrons. The van der Waals surface area contributed by atoms with Gasteiger partial charge in [-0.3, -0.25) is 4.79 Å². The number of rotatable bonds is 4. The Morgan fingerprint density at radius 2 is 1.66 bits per heavy atom. The molecule has 152 valence electrons. The average molecular weight is 417 g/mol. The normalized spacial score (nSPS) is 20.2. The highest BCUT2D eigenvalue weighted by molar-refractivity contribution is 7.89. The summed E-state index contributed by atoms with van der Waals surface area (Å²) in [4.78, 5) is 19.9. The van der Waals surface area contributed by atoms with E-state index < -0.39 is 16.1 Å². The van der Waals surface area contributed by atoms with Crippen molar-refractivity contribution in [2.45, 2.75) is 17.4 Å². The van der Waals surface area contributed by atoms with Crippen molar-refractivity contribution in [1.29, 1.82) is 0 Å². The monoisotopic (exact) mass is 417 g/mol. The van der Waals surface area contributed by atoms with Crippen LogP contribution in [0.5, 0.6) is 0 Å². The van der Waals surface area contributed by atoms with Gasteiger partial charge in [0.15, 0.2) is 0 Å². The summed E-state index contributed by atoms with van der Waals surface area (Å²) in [6.07, 6.45) is -0.445. The van der Waals surface area contributed by atoms with Crippen molar-refractivity contribution >= 4 is 21.6 Å². The number of hydrogen-bond donors (Lipinski definition) is 0. The second-order valence-electron chi connectivity index (χ2n) is 6.89. The number of nitrogens with zero attached hydrogens (tertiary/aromatic N) is 3. The first kappa shape index (κ1) is 19.5. The predicted molar refractivity (Wildman–Crippen MR) is 104 cm³/mol. The van der Waals surface area contributed by atoms with E-state index in [1.165, 1.54) is 16.4 Å². The third-order valence-electron chi connectivity index (χ3n) is 5.05. The van der Waals surface area contributed by atoms with Gasteiger partial charge in [-0.15, -0.1) is 0 Å². The first-order valence-corrected chi connectivity index (χ1v) is 10.7. The van der Waals surface area contributed by atoms with Crippen LogP contribution in [0.2, 0.25) is 0 Å². The fourth-order valence-corrected chi connectivity index (χ4v) is 4.86. The maximum absolute atomic E-state index is 13.1. The van der Waals surface area contributed by atoms with Crippen molar-refractivity contribution in [1.82, 2.24) is 9.21 Å². The fourth-order valence-electron chi connectivity index (χ4n) is 3.42. The molecule has 0 saturated carbocycles. The second-order valence-corrected chi connectivity index (χ2v) is 8.82. The maximum atomic E-state index is 13.1. The van der Waals surface area contributed by atoms with Gasteiger partial charge in [0.1, 0.15) is 5.82 Å². The smallest absolute Gasteiger partial charge is 0.266 e. The molecule has 0 N–H and O–H groups in total. The second kappa shape index (κ2) is 7.92. The molecule has 2 heterocycles. The maximum Gasteiger partial charge on any atom is 0.266 e. The summed E-state index contributed by atoms with van der Waals surface area (Å²) in [5.74, 6) is -0.563. The highest BCUT2D eigenvalue weighted by Crippen LogP contribution is 2.21. The van der Waals surface area contributed by atoms with Crippen molar-refractivity contribution in [3.8, 4) is 0 Å². The largest absolute Gasteiger partial charge is 0.382 e. The topological polar surface area (TPSA) is 79.3 Å². The molecule has 1 atom stereocenters. The van der Waals surface area contributed by atoms with E-state index in [9.17, 15) is 17.6 Å². The minimum Gasteiger partial charge on any atom is -0.382 e. The van der Waals surface area contributed by atoms with Gasteiger partial charge in [0, 0.05) is 32.6 Å². The minimum absolute atomic E-state index is 0.220. The van der Waals surface area contributed by atoms with Gasteiger partial charge in [0.05, 0.1) is 10.6 Å². The Bertz CT molecular complexity index is 1020. The zero-order chi connectivity index (χ0) is 20.4. The standard InChI is InChI=1S/C20H20FN3O4S/c21-16-8-6-15(7-9-16)18-14-19(28-22-18)20(25)23-10-12-24(13-11-23)29(26,27)17-4-2-1-3-5-17/h1-9,19H,10-14H2. The van der Waals surface area contributed by atoms with Crippen LogP contribution in [0.25, 0.3) is 0 Å². The van der Waals surface area contributed by atoms with Crippen LogP contribution >= 0.6 is 0 Å². The van der Waals surface area contributed by atoms with Gasteiger partial charge in [0.25, 0.3) is 5.91 Å². The molecule has 1 fully saturated rings. The van der Waals surface area contributed by atoms with Crippen molar-refractivity contribution in [2.75, 3.05) is 26.2 Å². The number of sulfonamides is 1. The van der Waals surface area contributed by atoms with Crippen LogP contribution in [0.3, 0.4) is 0 Å². The van der Waals surface area contributed by atoms with Crippen molar-refractivity contribution in [3.63, 3.8) is 0 Å². The lowest BCUT2D eigenvalue weighted by molar-refractivity contribution is -0.143. The van der Waals surface area contributed by atoms with Crippen LogP contribution < -0.4 is 0 Å². The van der Waals surface area contributed by atoms with Gasteiger partial charge in [-0.05, 0) is 29.8 Å². The molecule has 4 rings (SSSR count). The van der Waals surface area contributed by atoms with E-state index in [1.807, 2.05) is 0 Å². The summed E-state index contributed by atoms with van der Waals surface area (Å²) < 4.78 is 39.9. The van der Waals surface area contributed by atoms with Gasteiger partial charge in [-0.2, -0.15) is 4.31 Å². The molecule has 1 saturated heterocycles. The summed E-state index contributed by atoms with van der Waals surface area (Å²) in [5, 5.41) is 3.97. The van der Waals surface area contributed by atoms with E-state index >= 15 is 0 Å². The Labute approximate surface area is 168 Å². The SMILES string of the molecule is O=C(C1CC(c2ccc(F)cc2)=NO1)N1CCN(S(=O)(=O)c2ccccc2)CC1. The van der Waals surface area contributed by atoms with Gasteiger partial charge in [-0.1, -0.05) is 35.5 Å². The van der Waals surface area contributed by atoms with E-state index in [0.717, 1.165) is 0 Å². The van der Waals surface area contributed by atoms with E-state index in [-0.39, 0.29) is 42.8 Å². The average Bonchev–Trinajstić information content (AvgIpc) is 3.25. The lowest BCUT2D eigenvalue weighted by Crippen LogP contribution is -2.52. The third kappa shape index (κ3) is 4.01. The molecule has 2 aromatic rings. The first-order valence-electron chi connectivity index (χ1n) is 9.28. The summed E-state index contributed by atoms with van der Waals surface area (Å²) in [5.41, 5.74) is 1.30. The number of hydrogen-bond acceptors (Lipinski definition) is 5. The van der Waals surface area contributed by atoms with Crippen molar-refractivity contribution < 1.29 is 22.4 Å². The predicted octanol–water partition coefficient (Wildman–Crippen LogP) is 1.85. The molecule has 0 aromatic heterocycles. The van der Waals surface area contributed by atoms with Crippen molar-refractivity contribution in [2.24, 2.45) is 5.16 Å². The molecule has 0 bridgehead atoms. The molecule has 7 nitrogen and oxygen atoms in total. The molecule has 2 aromatic carbocycles. The molecular formula is C20H20FN3O4S. The summed E-state index contributed by atoms with van der Waals surface area (Å²) in [7, 11) is -3.57. The zero-order valence-electron chi connectivity index (χ0n) is 15.6. The minimum atomic E-state index is -3.57. The highest BCUT2D eigenvalue weighted by atomic mass is 32.2. The van der Waals surface area contributed by atoms with Crippen LogP contribution in [0.15, 0.2) is 64.6 Å². The van der Waals surface area contributed by atoms with Crippen LogP contribution in [0.1, 0.15) is 12.0 Å². The van der Waals surface area contributed by atoms with E-state index in [0.29, 0.717) is 17.7 Å².